The van der Waals surface area contributed by atoms with E-state index in [0.29, 0.717) is 0 Å². The second-order valence-corrected chi connectivity index (χ2v) is 10.1. The maximum atomic E-state index is 12.5. The molecule has 4 saturated carbocycles. The third-order valence-corrected chi connectivity index (χ3v) is 9.53. The lowest BCUT2D eigenvalue weighted by Gasteiger charge is -2.64. The number of rotatable bonds is 1. The number of fused-ring (bicyclic) bond motifs is 10. The van der Waals surface area contributed by atoms with Gasteiger partial charge in [0.1, 0.15) is 0 Å². The first-order chi connectivity index (χ1) is 13.8. The lowest BCUT2D eigenvalue weighted by Crippen LogP contribution is -2.95. The van der Waals surface area contributed by atoms with Crippen molar-refractivity contribution in [2.75, 3.05) is 0 Å². The van der Waals surface area contributed by atoms with Crippen LogP contribution in [-0.4, -0.2) is 46.3 Å². The molecule has 0 aromatic heterocycles. The van der Waals surface area contributed by atoms with Gasteiger partial charge in [-0.05, 0) is 24.7 Å². The molecule has 12 nitrogen and oxygen atoms in total. The van der Waals surface area contributed by atoms with Crippen LogP contribution in [0.25, 0.3) is 0 Å². The topological polar surface area (TPSA) is 243 Å². The second-order valence-electron chi connectivity index (χ2n) is 10.1. The second kappa shape index (κ2) is 4.76. The Hall–Kier alpha value is -1.96. The van der Waals surface area contributed by atoms with Gasteiger partial charge in [-0.2, -0.15) is 0 Å². The highest BCUT2D eigenvalue weighted by atomic mass is 16.6. The van der Waals surface area contributed by atoms with E-state index in [9.17, 15) is 19.2 Å². The van der Waals surface area contributed by atoms with E-state index in [2.05, 4.69) is 0 Å². The van der Waals surface area contributed by atoms with Gasteiger partial charge in [0, 0.05) is 11.8 Å². The molecule has 0 radical (unpaired) electrons. The van der Waals surface area contributed by atoms with Gasteiger partial charge < -0.3 is 43.9 Å². The van der Waals surface area contributed by atoms with Crippen molar-refractivity contribution in [1.29, 1.82) is 0 Å². The highest BCUT2D eigenvalue weighted by Crippen LogP contribution is 2.71. The smallest absolute Gasteiger partial charge is 0.317 e. The Bertz CT molecular complexity index is 891. The van der Waals surface area contributed by atoms with Gasteiger partial charge in [-0.1, -0.05) is 0 Å². The maximum absolute atomic E-state index is 12.5. The van der Waals surface area contributed by atoms with Crippen molar-refractivity contribution in [2.24, 2.45) is 81.7 Å². The molecule has 0 spiro atoms. The number of hydrogen-bond acceptors (Lipinski definition) is 12. The molecule has 2 aliphatic heterocycles. The first-order valence-corrected chi connectivity index (χ1v) is 10.1. The van der Waals surface area contributed by atoms with E-state index in [1.807, 2.05) is 0 Å². The van der Waals surface area contributed by atoms with Crippen LogP contribution in [0.4, 0.5) is 0 Å². The molecule has 4 bridgehead atoms. The summed E-state index contributed by atoms with van der Waals surface area (Å²) in [5, 5.41) is 0. The molecule has 6 rings (SSSR count). The van der Waals surface area contributed by atoms with Gasteiger partial charge in [0.2, 0.25) is 0 Å². The van der Waals surface area contributed by atoms with Gasteiger partial charge in [-0.25, -0.2) is 0 Å². The monoisotopic (exact) mass is 420 g/mol. The van der Waals surface area contributed by atoms with Crippen LogP contribution >= 0.6 is 0 Å². The predicted octanol–water partition coefficient (Wildman–Crippen LogP) is -4.46. The zero-order valence-electron chi connectivity index (χ0n) is 15.9. The first kappa shape index (κ1) is 18.8. The van der Waals surface area contributed by atoms with Crippen molar-refractivity contribution >= 4 is 23.9 Å². The third kappa shape index (κ3) is 1.48. The summed E-state index contributed by atoms with van der Waals surface area (Å²) in [6.45, 7) is 0. The number of ether oxygens (including phenoxy) is 2. The van der Waals surface area contributed by atoms with Crippen LogP contribution < -0.4 is 34.4 Å². The van der Waals surface area contributed by atoms with Crippen molar-refractivity contribution < 1.29 is 28.7 Å². The van der Waals surface area contributed by atoms with Crippen LogP contribution in [-0.2, 0) is 28.7 Å². The summed E-state index contributed by atoms with van der Waals surface area (Å²) in [6.07, 6.45) is 0.563. The van der Waals surface area contributed by atoms with Crippen LogP contribution in [0, 0.1) is 47.3 Å². The van der Waals surface area contributed by atoms with Crippen LogP contribution in [0.1, 0.15) is 12.8 Å². The van der Waals surface area contributed by atoms with Crippen molar-refractivity contribution in [3.05, 3.63) is 0 Å². The molecule has 6 fully saturated rings. The Kier molecular flexibility index (Phi) is 2.98. The highest BCUT2D eigenvalue weighted by molar-refractivity contribution is 5.99. The quantitative estimate of drug-likeness (QED) is 0.134. The summed E-state index contributed by atoms with van der Waals surface area (Å²) >= 11 is 0. The Morgan fingerprint density at radius 3 is 1.10 bits per heavy atom. The van der Waals surface area contributed by atoms with Gasteiger partial charge in [0.15, 0.2) is 0 Å². The molecule has 162 valence electrons. The molecular weight excluding hydrogens is 396 g/mol. The molecule has 10 unspecified atom stereocenters. The molecule has 6 aliphatic rings. The summed E-state index contributed by atoms with van der Waals surface area (Å²) in [4.78, 5) is 49.5. The summed E-state index contributed by atoms with van der Waals surface area (Å²) in [5.41, 5.74) is 33.4. The summed E-state index contributed by atoms with van der Waals surface area (Å²) in [7, 11) is 0. The Balaban J connectivity index is 1.53. The lowest BCUT2D eigenvalue weighted by molar-refractivity contribution is -0.157. The maximum Gasteiger partial charge on any atom is 0.317 e. The number of nitrogens with two attached hydrogens (primary N) is 6. The van der Waals surface area contributed by atoms with Crippen LogP contribution in [0.3, 0.4) is 0 Å². The summed E-state index contributed by atoms with van der Waals surface area (Å²) < 4.78 is 9.68. The third-order valence-electron chi connectivity index (χ3n) is 9.53. The number of cyclic esters (lactones) is 4. The molecule has 30 heavy (non-hydrogen) atoms. The average molecular weight is 420 g/mol. The highest BCUT2D eigenvalue weighted by Gasteiger charge is 2.87. The van der Waals surface area contributed by atoms with Gasteiger partial charge in [-0.3, -0.25) is 19.2 Å². The molecule has 10 atom stereocenters. The first-order valence-electron chi connectivity index (χ1n) is 10.1. The average Bonchev–Trinajstić information content (AvgIpc) is 3.41. The minimum absolute atomic E-state index is 0.281. The molecule has 2 saturated heterocycles. The van der Waals surface area contributed by atoms with E-state index in [4.69, 9.17) is 43.9 Å². The molecule has 12 heteroatoms. The predicted molar refractivity (Wildman–Crippen MR) is 95.4 cm³/mol. The largest absolute Gasteiger partial charge is 0.393 e. The fourth-order valence-electron chi connectivity index (χ4n) is 8.36. The van der Waals surface area contributed by atoms with Gasteiger partial charge in [0.25, 0.3) is 0 Å². The lowest BCUT2D eigenvalue weighted by atomic mass is 9.49. The van der Waals surface area contributed by atoms with Gasteiger partial charge in [0.05, 0.1) is 46.1 Å². The van der Waals surface area contributed by atoms with Crippen molar-refractivity contribution in [3.63, 3.8) is 0 Å². The van der Waals surface area contributed by atoms with Crippen molar-refractivity contribution in [2.45, 2.75) is 35.2 Å². The SMILES string of the molecule is NC1(N)C2CC(C3C(=O)OC(=O)C32)C1(N)C1(N)C2CC(C3C(=O)OC(=O)C32)C1(N)N. The Morgan fingerprint density at radius 2 is 0.800 bits per heavy atom. The molecule has 0 aromatic carbocycles. The summed E-state index contributed by atoms with van der Waals surface area (Å²) in [5.74, 6) is -8.80. The van der Waals surface area contributed by atoms with Gasteiger partial charge >= 0.3 is 23.9 Å². The number of carbonyl (C=O) groups excluding carboxylic acids is 4. The van der Waals surface area contributed by atoms with Crippen LogP contribution in [0.15, 0.2) is 0 Å². The van der Waals surface area contributed by atoms with Crippen molar-refractivity contribution in [3.8, 4) is 0 Å². The fraction of sp³-hybridized carbons (Fsp3) is 0.778. The molecular formula is C18H24N6O6. The molecule has 0 aromatic rings. The fourth-order valence-corrected chi connectivity index (χ4v) is 8.36. The van der Waals surface area contributed by atoms with E-state index in [1.54, 1.807) is 0 Å². The normalized spacial score (nSPS) is 56.3. The zero-order chi connectivity index (χ0) is 21.8. The van der Waals surface area contributed by atoms with Crippen molar-refractivity contribution in [1.82, 2.24) is 0 Å². The van der Waals surface area contributed by atoms with E-state index in [1.165, 1.54) is 0 Å². The van der Waals surface area contributed by atoms with Crippen LogP contribution in [0.5, 0.6) is 0 Å². The standard InChI is InChI=1S/C18H24N6O6/c19-15(3-1-5(17(15,21)22)9-7(3)11(25)29-13(9)27)16(20)4-2-6(18(16,23)24)10-8(4)12(26)30-14(10)28/h3-10H,1-2,19-24H2. The Morgan fingerprint density at radius 1 is 0.533 bits per heavy atom. The molecule has 12 N–H and O–H groups in total. The summed E-state index contributed by atoms with van der Waals surface area (Å²) in [6, 6.07) is 0. The molecule has 2 heterocycles. The van der Waals surface area contributed by atoms with E-state index in [0.717, 1.165) is 0 Å². The number of esters is 4. The number of carbonyl (C=O) groups is 4. The van der Waals surface area contributed by atoms with E-state index in [-0.39, 0.29) is 12.8 Å². The van der Waals surface area contributed by atoms with Gasteiger partial charge in [-0.15, -0.1) is 0 Å². The van der Waals surface area contributed by atoms with E-state index < -0.39 is 93.6 Å². The Labute approximate surface area is 170 Å². The minimum Gasteiger partial charge on any atom is -0.393 e. The number of hydrogen-bond donors (Lipinski definition) is 6. The van der Waals surface area contributed by atoms with Crippen LogP contribution in [0.2, 0.25) is 0 Å². The van der Waals surface area contributed by atoms with E-state index >= 15 is 0 Å². The molecule has 4 aliphatic carbocycles. The minimum atomic E-state index is -1.71. The molecule has 0 amide bonds. The zero-order valence-corrected chi connectivity index (χ0v) is 15.9.